The summed E-state index contributed by atoms with van der Waals surface area (Å²) in [4.78, 5) is 42.4. The minimum atomic E-state index is -0.997. The second-order valence-electron chi connectivity index (χ2n) is 8.90. The first kappa shape index (κ1) is 25.2. The number of carbonyl (C=O) groups excluding carboxylic acids is 3. The zero-order valence-corrected chi connectivity index (χ0v) is 20.6. The van der Waals surface area contributed by atoms with Crippen LogP contribution >= 0.6 is 0 Å². The first-order valence-corrected chi connectivity index (χ1v) is 12.2. The van der Waals surface area contributed by atoms with Gasteiger partial charge in [-0.15, -0.1) is 0 Å². The number of amides is 3. The molecule has 1 unspecified atom stereocenters. The summed E-state index contributed by atoms with van der Waals surface area (Å²) >= 11 is 0. The quantitative estimate of drug-likeness (QED) is 0.535. The summed E-state index contributed by atoms with van der Waals surface area (Å²) in [5.41, 5.74) is 1.45. The Hall–Kier alpha value is -4.47. The van der Waals surface area contributed by atoms with Gasteiger partial charge in [0.25, 0.3) is 11.8 Å². The number of ether oxygens (including phenoxy) is 2. The molecule has 3 aromatic rings. The molecule has 0 aromatic heterocycles. The Labute approximate surface area is 217 Å². The second-order valence-corrected chi connectivity index (χ2v) is 8.90. The number of nitrogens with zero attached hydrogens (tertiary/aromatic N) is 2. The second kappa shape index (κ2) is 10.5. The van der Waals surface area contributed by atoms with Crippen LogP contribution in [0.1, 0.15) is 17.3 Å². The van der Waals surface area contributed by atoms with Crippen LogP contribution in [-0.4, -0.2) is 66.4 Å². The Morgan fingerprint density at radius 3 is 2.39 bits per heavy atom. The lowest BCUT2D eigenvalue weighted by molar-refractivity contribution is -0.137. The molecule has 2 aliphatic heterocycles. The van der Waals surface area contributed by atoms with Crippen molar-refractivity contribution in [2.75, 3.05) is 38.2 Å². The predicted octanol–water partition coefficient (Wildman–Crippen LogP) is 3.71. The van der Waals surface area contributed by atoms with Gasteiger partial charge < -0.3 is 24.6 Å². The van der Waals surface area contributed by atoms with E-state index in [-0.39, 0.29) is 43.6 Å². The molecule has 1 N–H and O–H groups in total. The molecule has 3 aromatic carbocycles. The smallest absolute Gasteiger partial charge is 0.260 e. The van der Waals surface area contributed by atoms with Crippen molar-refractivity contribution in [1.82, 2.24) is 9.80 Å². The molecule has 0 radical (unpaired) electrons. The van der Waals surface area contributed by atoms with Gasteiger partial charge in [0, 0.05) is 13.1 Å². The number of anilines is 1. The van der Waals surface area contributed by atoms with Crippen molar-refractivity contribution in [1.29, 1.82) is 0 Å². The summed E-state index contributed by atoms with van der Waals surface area (Å²) in [7, 11) is 0. The fourth-order valence-corrected chi connectivity index (χ4v) is 4.61. The largest absolute Gasteiger partial charge is 0.490 e. The Morgan fingerprint density at radius 2 is 1.66 bits per heavy atom. The molecule has 2 aliphatic rings. The average Bonchev–Trinajstić information content (AvgIpc) is 3.03. The third kappa shape index (κ3) is 4.89. The van der Waals surface area contributed by atoms with E-state index < -0.39 is 23.6 Å². The molecule has 0 bridgehead atoms. The van der Waals surface area contributed by atoms with Gasteiger partial charge in [-0.25, -0.2) is 8.78 Å². The number of hydrogen-bond acceptors (Lipinski definition) is 5. The van der Waals surface area contributed by atoms with E-state index in [1.54, 1.807) is 42.5 Å². The Balaban J connectivity index is 1.31. The average molecular weight is 522 g/mol. The van der Waals surface area contributed by atoms with Crippen LogP contribution in [0.5, 0.6) is 11.5 Å². The normalized spacial score (nSPS) is 16.8. The van der Waals surface area contributed by atoms with Crippen molar-refractivity contribution >= 4 is 23.4 Å². The Kier molecular flexibility index (Phi) is 6.95. The number of fused-ring (bicyclic) bond motifs is 2. The van der Waals surface area contributed by atoms with Crippen molar-refractivity contribution in [2.45, 2.75) is 13.0 Å². The monoisotopic (exact) mass is 521 g/mol. The van der Waals surface area contributed by atoms with Crippen molar-refractivity contribution in [3.8, 4) is 22.6 Å². The molecule has 38 heavy (non-hydrogen) atoms. The minimum absolute atomic E-state index is 0.0108. The van der Waals surface area contributed by atoms with Crippen LogP contribution in [-0.2, 0) is 9.59 Å². The third-order valence-corrected chi connectivity index (χ3v) is 6.56. The fourth-order valence-electron chi connectivity index (χ4n) is 4.61. The first-order valence-electron chi connectivity index (χ1n) is 12.2. The van der Waals surface area contributed by atoms with Crippen LogP contribution < -0.4 is 14.8 Å². The molecule has 196 valence electrons. The lowest BCUT2D eigenvalue weighted by Gasteiger charge is -2.39. The molecule has 5 rings (SSSR count). The van der Waals surface area contributed by atoms with Crippen LogP contribution in [0.25, 0.3) is 11.1 Å². The highest BCUT2D eigenvalue weighted by Gasteiger charge is 2.40. The number of para-hydroxylation sites is 2. The van der Waals surface area contributed by atoms with Gasteiger partial charge in [0.15, 0.2) is 29.7 Å². The highest BCUT2D eigenvalue weighted by atomic mass is 19.2. The molecular formula is C28H25F2N3O5. The van der Waals surface area contributed by atoms with E-state index in [1.165, 1.54) is 15.9 Å². The topological polar surface area (TPSA) is 88.2 Å². The van der Waals surface area contributed by atoms with E-state index in [0.29, 0.717) is 34.9 Å². The summed E-state index contributed by atoms with van der Waals surface area (Å²) in [6, 6.07) is 14.4. The molecule has 0 aliphatic carbocycles. The molecule has 2 heterocycles. The van der Waals surface area contributed by atoms with Crippen molar-refractivity contribution in [3.63, 3.8) is 0 Å². The summed E-state index contributed by atoms with van der Waals surface area (Å²) in [5, 5.41) is 2.77. The third-order valence-electron chi connectivity index (χ3n) is 6.56. The van der Waals surface area contributed by atoms with E-state index >= 15 is 0 Å². The summed E-state index contributed by atoms with van der Waals surface area (Å²) < 4.78 is 38.4. The van der Waals surface area contributed by atoms with Gasteiger partial charge in [-0.1, -0.05) is 24.3 Å². The van der Waals surface area contributed by atoms with Crippen LogP contribution in [0.4, 0.5) is 14.5 Å². The number of halogens is 2. The van der Waals surface area contributed by atoms with E-state index in [1.807, 2.05) is 6.92 Å². The molecule has 1 saturated heterocycles. The van der Waals surface area contributed by atoms with Gasteiger partial charge in [-0.05, 0) is 54.4 Å². The molecule has 1 fully saturated rings. The van der Waals surface area contributed by atoms with Gasteiger partial charge >= 0.3 is 0 Å². The van der Waals surface area contributed by atoms with Crippen LogP contribution in [0, 0.1) is 11.6 Å². The van der Waals surface area contributed by atoms with Crippen LogP contribution in [0.15, 0.2) is 60.7 Å². The maximum Gasteiger partial charge on any atom is 0.260 e. The standard InChI is InChI=1S/C28H25F2N3O5/c1-2-37-24-5-3-4-6-25(24)38-16-26(34)32-11-12-33-23(15-32)27(35)31-22-10-8-17(13-19(22)28(33)36)18-7-9-20(29)21(30)14-18/h3-10,13-14,23H,2,11-12,15-16H2,1H3,(H,31,35). The lowest BCUT2D eigenvalue weighted by Crippen LogP contribution is -2.60. The predicted molar refractivity (Wildman–Crippen MR) is 135 cm³/mol. The first-order chi connectivity index (χ1) is 18.4. The molecule has 3 amide bonds. The van der Waals surface area contributed by atoms with Gasteiger partial charge in [-0.3, -0.25) is 14.4 Å². The molecule has 0 spiro atoms. The highest BCUT2D eigenvalue weighted by Crippen LogP contribution is 2.31. The van der Waals surface area contributed by atoms with E-state index in [2.05, 4.69) is 5.32 Å². The maximum absolute atomic E-state index is 13.8. The molecule has 8 nitrogen and oxygen atoms in total. The number of rotatable bonds is 6. The van der Waals surface area contributed by atoms with Gasteiger partial charge in [0.2, 0.25) is 5.91 Å². The van der Waals surface area contributed by atoms with Crippen molar-refractivity contribution in [3.05, 3.63) is 77.9 Å². The number of piperazine rings is 1. The van der Waals surface area contributed by atoms with Crippen molar-refractivity contribution in [2.24, 2.45) is 0 Å². The van der Waals surface area contributed by atoms with Gasteiger partial charge in [0.05, 0.1) is 24.4 Å². The molecule has 0 saturated carbocycles. The fraction of sp³-hybridized carbons (Fsp3) is 0.250. The highest BCUT2D eigenvalue weighted by molar-refractivity contribution is 6.10. The van der Waals surface area contributed by atoms with Crippen LogP contribution in [0.2, 0.25) is 0 Å². The van der Waals surface area contributed by atoms with Gasteiger partial charge in [-0.2, -0.15) is 0 Å². The summed E-state index contributed by atoms with van der Waals surface area (Å²) in [5.74, 6) is -2.12. The number of nitrogens with one attached hydrogen (secondary N) is 1. The molecular weight excluding hydrogens is 496 g/mol. The number of carbonyl (C=O) groups is 3. The minimum Gasteiger partial charge on any atom is -0.490 e. The summed E-state index contributed by atoms with van der Waals surface area (Å²) in [6.07, 6.45) is 0. The molecule has 10 heteroatoms. The number of hydrogen-bond donors (Lipinski definition) is 1. The summed E-state index contributed by atoms with van der Waals surface area (Å²) in [6.45, 7) is 2.44. The van der Waals surface area contributed by atoms with Gasteiger partial charge in [0.1, 0.15) is 6.04 Å². The molecule has 1 atom stereocenters. The maximum atomic E-state index is 13.8. The van der Waals surface area contributed by atoms with Crippen molar-refractivity contribution < 1.29 is 32.6 Å². The van der Waals surface area contributed by atoms with E-state index in [0.717, 1.165) is 12.1 Å². The zero-order chi connectivity index (χ0) is 26.8. The number of benzene rings is 3. The SMILES string of the molecule is CCOc1ccccc1OCC(=O)N1CCN2C(=O)c3cc(-c4ccc(F)c(F)c4)ccc3NC(=O)C2C1. The Bertz CT molecular complexity index is 1410. The lowest BCUT2D eigenvalue weighted by atomic mass is 10.0. The van der Waals surface area contributed by atoms with E-state index in [4.69, 9.17) is 9.47 Å². The zero-order valence-electron chi connectivity index (χ0n) is 20.6. The van der Waals surface area contributed by atoms with E-state index in [9.17, 15) is 23.2 Å². The Morgan fingerprint density at radius 1 is 0.947 bits per heavy atom. The van der Waals surface area contributed by atoms with Crippen LogP contribution in [0.3, 0.4) is 0 Å².